The van der Waals surface area contributed by atoms with Crippen molar-refractivity contribution in [1.82, 2.24) is 0 Å². The summed E-state index contributed by atoms with van der Waals surface area (Å²) in [7, 11) is 1.72. The van der Waals surface area contributed by atoms with Crippen LogP contribution in [-0.4, -0.2) is 7.11 Å². The Morgan fingerprint density at radius 2 is 1.73 bits per heavy atom. The molecule has 0 aromatic heterocycles. The largest absolute Gasteiger partial charge is 0.497 e. The van der Waals surface area contributed by atoms with Crippen LogP contribution in [0.5, 0.6) is 5.75 Å². The van der Waals surface area contributed by atoms with Gasteiger partial charge in [-0.15, -0.1) is 0 Å². The first-order valence-electron chi connectivity index (χ1n) is 6.01. The van der Waals surface area contributed by atoms with Crippen LogP contribution in [0, 0.1) is 5.92 Å². The van der Waals surface area contributed by atoms with Gasteiger partial charge in [-0.2, -0.15) is 0 Å². The first kappa shape index (κ1) is 10.5. The fourth-order valence-corrected chi connectivity index (χ4v) is 2.49. The summed E-state index contributed by atoms with van der Waals surface area (Å²) in [5.41, 5.74) is 1.46. The summed E-state index contributed by atoms with van der Waals surface area (Å²) >= 11 is 0. The molecule has 1 aliphatic rings. The third kappa shape index (κ3) is 2.98. The van der Waals surface area contributed by atoms with Gasteiger partial charge in [0, 0.05) is 0 Å². The monoisotopic (exact) mass is 204 g/mol. The van der Waals surface area contributed by atoms with E-state index in [9.17, 15) is 0 Å². The van der Waals surface area contributed by atoms with Crippen LogP contribution in [0.3, 0.4) is 0 Å². The van der Waals surface area contributed by atoms with E-state index in [1.807, 2.05) is 0 Å². The van der Waals surface area contributed by atoms with E-state index in [1.54, 1.807) is 7.11 Å². The van der Waals surface area contributed by atoms with Gasteiger partial charge in [-0.05, 0) is 30.0 Å². The highest BCUT2D eigenvalue weighted by Crippen LogP contribution is 2.27. The Balaban J connectivity index is 1.91. The summed E-state index contributed by atoms with van der Waals surface area (Å²) in [4.78, 5) is 0. The van der Waals surface area contributed by atoms with E-state index in [1.165, 1.54) is 44.1 Å². The lowest BCUT2D eigenvalue weighted by atomic mass is 9.85. The highest BCUT2D eigenvalue weighted by atomic mass is 16.5. The molecule has 1 aromatic rings. The zero-order chi connectivity index (χ0) is 10.5. The lowest BCUT2D eigenvalue weighted by Crippen LogP contribution is -2.09. The zero-order valence-corrected chi connectivity index (χ0v) is 9.54. The fraction of sp³-hybridized carbons (Fsp3) is 0.571. The van der Waals surface area contributed by atoms with E-state index in [0.717, 1.165) is 11.7 Å². The van der Waals surface area contributed by atoms with Gasteiger partial charge in [0.2, 0.25) is 0 Å². The summed E-state index contributed by atoms with van der Waals surface area (Å²) in [6, 6.07) is 8.54. The minimum Gasteiger partial charge on any atom is -0.497 e. The zero-order valence-electron chi connectivity index (χ0n) is 9.54. The Hall–Kier alpha value is -0.980. The number of hydrogen-bond acceptors (Lipinski definition) is 1. The summed E-state index contributed by atoms with van der Waals surface area (Å²) in [6.45, 7) is 0. The lowest BCUT2D eigenvalue weighted by molar-refractivity contribution is 0.356. The molecular weight excluding hydrogens is 184 g/mol. The molecule has 0 N–H and O–H groups in total. The predicted octanol–water partition coefficient (Wildman–Crippen LogP) is 3.82. The molecule has 0 heterocycles. The van der Waals surface area contributed by atoms with Crippen LogP contribution in [0.1, 0.15) is 37.7 Å². The van der Waals surface area contributed by atoms with Crippen molar-refractivity contribution in [1.29, 1.82) is 0 Å². The highest BCUT2D eigenvalue weighted by molar-refractivity contribution is 5.27. The summed E-state index contributed by atoms with van der Waals surface area (Å²) in [6.07, 6.45) is 8.41. The SMILES string of the molecule is COc1ccc(CC2CCCCC2)cc1. The second kappa shape index (κ2) is 5.20. The van der Waals surface area contributed by atoms with E-state index in [2.05, 4.69) is 24.3 Å². The van der Waals surface area contributed by atoms with Crippen molar-refractivity contribution in [2.24, 2.45) is 5.92 Å². The van der Waals surface area contributed by atoms with Gasteiger partial charge in [0.1, 0.15) is 5.75 Å². The molecule has 0 saturated heterocycles. The van der Waals surface area contributed by atoms with E-state index in [4.69, 9.17) is 4.74 Å². The lowest BCUT2D eigenvalue weighted by Gasteiger charge is -2.21. The summed E-state index contributed by atoms with van der Waals surface area (Å²) in [5.74, 6) is 1.88. The third-order valence-electron chi connectivity index (χ3n) is 3.41. The Bertz CT molecular complexity index is 283. The fourth-order valence-electron chi connectivity index (χ4n) is 2.49. The average Bonchev–Trinajstić information content (AvgIpc) is 2.31. The van der Waals surface area contributed by atoms with Crippen molar-refractivity contribution < 1.29 is 4.74 Å². The first-order valence-corrected chi connectivity index (χ1v) is 6.01. The van der Waals surface area contributed by atoms with E-state index in [-0.39, 0.29) is 0 Å². The van der Waals surface area contributed by atoms with Crippen LogP contribution >= 0.6 is 0 Å². The average molecular weight is 204 g/mol. The summed E-state index contributed by atoms with van der Waals surface area (Å²) in [5, 5.41) is 0. The van der Waals surface area contributed by atoms with Gasteiger partial charge in [-0.3, -0.25) is 0 Å². The molecule has 0 bridgehead atoms. The topological polar surface area (TPSA) is 9.23 Å². The minimum absolute atomic E-state index is 0.923. The Labute approximate surface area is 92.5 Å². The molecule has 2 rings (SSSR count). The van der Waals surface area contributed by atoms with Crippen LogP contribution < -0.4 is 4.74 Å². The van der Waals surface area contributed by atoms with Crippen molar-refractivity contribution in [3.63, 3.8) is 0 Å². The van der Waals surface area contributed by atoms with Crippen molar-refractivity contribution in [2.75, 3.05) is 7.11 Å². The highest BCUT2D eigenvalue weighted by Gasteiger charge is 2.13. The molecule has 0 aliphatic heterocycles. The number of methoxy groups -OCH3 is 1. The smallest absolute Gasteiger partial charge is 0.118 e. The molecule has 1 aliphatic carbocycles. The van der Waals surface area contributed by atoms with Gasteiger partial charge in [-0.1, -0.05) is 44.2 Å². The standard InChI is InChI=1S/C14H20O/c1-15-14-9-7-13(8-10-14)11-12-5-3-2-4-6-12/h7-10,12H,2-6,11H2,1H3. The predicted molar refractivity (Wildman–Crippen MR) is 63.3 cm³/mol. The van der Waals surface area contributed by atoms with Crippen molar-refractivity contribution in [3.05, 3.63) is 29.8 Å². The normalized spacial score (nSPS) is 17.7. The number of rotatable bonds is 3. The van der Waals surface area contributed by atoms with Crippen LogP contribution in [0.4, 0.5) is 0 Å². The molecular formula is C14H20O. The van der Waals surface area contributed by atoms with Crippen LogP contribution in [0.15, 0.2) is 24.3 Å². The van der Waals surface area contributed by atoms with Crippen LogP contribution in [-0.2, 0) is 6.42 Å². The van der Waals surface area contributed by atoms with Crippen LogP contribution in [0.25, 0.3) is 0 Å². The molecule has 1 saturated carbocycles. The van der Waals surface area contributed by atoms with Gasteiger partial charge >= 0.3 is 0 Å². The van der Waals surface area contributed by atoms with Gasteiger partial charge in [0.15, 0.2) is 0 Å². The van der Waals surface area contributed by atoms with Crippen molar-refractivity contribution in [3.8, 4) is 5.75 Å². The maximum absolute atomic E-state index is 5.16. The second-order valence-corrected chi connectivity index (χ2v) is 4.56. The molecule has 0 radical (unpaired) electrons. The molecule has 1 aromatic carbocycles. The maximum atomic E-state index is 5.16. The molecule has 0 atom stereocenters. The molecule has 15 heavy (non-hydrogen) atoms. The molecule has 0 spiro atoms. The van der Waals surface area contributed by atoms with E-state index < -0.39 is 0 Å². The van der Waals surface area contributed by atoms with Gasteiger partial charge in [0.25, 0.3) is 0 Å². The van der Waals surface area contributed by atoms with E-state index in [0.29, 0.717) is 0 Å². The molecule has 82 valence electrons. The Morgan fingerprint density at radius 1 is 1.07 bits per heavy atom. The quantitative estimate of drug-likeness (QED) is 0.727. The van der Waals surface area contributed by atoms with Crippen LogP contribution in [0.2, 0.25) is 0 Å². The number of hydrogen-bond donors (Lipinski definition) is 0. The number of ether oxygens (including phenoxy) is 1. The number of benzene rings is 1. The minimum atomic E-state index is 0.923. The Morgan fingerprint density at radius 3 is 2.33 bits per heavy atom. The third-order valence-corrected chi connectivity index (χ3v) is 3.41. The Kier molecular flexibility index (Phi) is 3.65. The van der Waals surface area contributed by atoms with E-state index >= 15 is 0 Å². The molecule has 0 unspecified atom stereocenters. The second-order valence-electron chi connectivity index (χ2n) is 4.56. The van der Waals surface area contributed by atoms with Crippen molar-refractivity contribution >= 4 is 0 Å². The van der Waals surface area contributed by atoms with Crippen molar-refractivity contribution in [2.45, 2.75) is 38.5 Å². The summed E-state index contributed by atoms with van der Waals surface area (Å²) < 4.78 is 5.16. The first-order chi connectivity index (χ1) is 7.38. The van der Waals surface area contributed by atoms with Gasteiger partial charge < -0.3 is 4.74 Å². The molecule has 1 fully saturated rings. The van der Waals surface area contributed by atoms with Gasteiger partial charge in [0.05, 0.1) is 7.11 Å². The molecule has 0 amide bonds. The molecule has 1 heteroatoms. The maximum Gasteiger partial charge on any atom is 0.118 e. The molecule has 1 nitrogen and oxygen atoms in total. The van der Waals surface area contributed by atoms with Gasteiger partial charge in [-0.25, -0.2) is 0 Å².